The van der Waals surface area contributed by atoms with E-state index in [-0.39, 0.29) is 11.7 Å². The molecule has 2 aromatic heterocycles. The highest BCUT2D eigenvalue weighted by molar-refractivity contribution is 6.12. The number of aromatic nitrogens is 3. The predicted molar refractivity (Wildman–Crippen MR) is 94.3 cm³/mol. The minimum Gasteiger partial charge on any atom is -0.322 e. The van der Waals surface area contributed by atoms with E-state index in [1.807, 2.05) is 20.0 Å². The smallest absolute Gasteiger partial charge is 0.256 e. The van der Waals surface area contributed by atoms with Gasteiger partial charge >= 0.3 is 0 Å². The number of hydrogen-bond donors (Lipinski definition) is 1. The van der Waals surface area contributed by atoms with Crippen molar-refractivity contribution < 1.29 is 9.18 Å². The molecule has 1 amide bonds. The molecule has 128 valence electrons. The highest BCUT2D eigenvalue weighted by Crippen LogP contribution is 2.40. The van der Waals surface area contributed by atoms with Crippen LogP contribution in [0.25, 0.3) is 11.0 Å². The Morgan fingerprint density at radius 2 is 2.04 bits per heavy atom. The van der Waals surface area contributed by atoms with Gasteiger partial charge in [0.2, 0.25) is 0 Å². The van der Waals surface area contributed by atoms with Gasteiger partial charge in [-0.25, -0.2) is 9.37 Å². The van der Waals surface area contributed by atoms with E-state index in [1.54, 1.807) is 23.7 Å². The van der Waals surface area contributed by atoms with Gasteiger partial charge in [-0.3, -0.25) is 9.48 Å². The fourth-order valence-corrected chi connectivity index (χ4v) is 3.10. The van der Waals surface area contributed by atoms with Crippen molar-refractivity contribution in [3.63, 3.8) is 0 Å². The van der Waals surface area contributed by atoms with Gasteiger partial charge in [0, 0.05) is 24.3 Å². The van der Waals surface area contributed by atoms with Crippen LogP contribution in [0.1, 0.15) is 46.1 Å². The van der Waals surface area contributed by atoms with Crippen LogP contribution in [0.4, 0.5) is 10.1 Å². The lowest BCUT2D eigenvalue weighted by Crippen LogP contribution is -2.14. The number of amides is 1. The number of halogens is 1. The van der Waals surface area contributed by atoms with Crippen molar-refractivity contribution in [2.75, 3.05) is 5.32 Å². The molecule has 6 heteroatoms. The second-order valence-electron chi connectivity index (χ2n) is 6.69. The Bertz CT molecular complexity index is 1000. The lowest BCUT2D eigenvalue weighted by Gasteiger charge is -2.09. The Kier molecular flexibility index (Phi) is 3.56. The van der Waals surface area contributed by atoms with Crippen molar-refractivity contribution in [3.05, 3.63) is 52.6 Å². The number of nitrogens with zero attached hydrogens (tertiary/aromatic N) is 3. The standard InChI is InChI=1S/C19H19FN4O/c1-10-4-7-13(8-15(10)20)21-19(25)14-9-16(12-5-6-12)22-18-17(14)11(2)23-24(18)3/h4,7-9,12H,5-6H2,1-3H3,(H,21,25). The lowest BCUT2D eigenvalue weighted by atomic mass is 10.1. The third-order valence-electron chi connectivity index (χ3n) is 4.66. The van der Waals surface area contributed by atoms with Gasteiger partial charge in [-0.2, -0.15) is 5.10 Å². The van der Waals surface area contributed by atoms with Crippen LogP contribution < -0.4 is 5.32 Å². The van der Waals surface area contributed by atoms with Gasteiger partial charge in [-0.15, -0.1) is 0 Å². The molecular weight excluding hydrogens is 319 g/mol. The van der Waals surface area contributed by atoms with Crippen LogP contribution in [0.3, 0.4) is 0 Å². The van der Waals surface area contributed by atoms with Crippen LogP contribution in [0.5, 0.6) is 0 Å². The number of carbonyl (C=O) groups is 1. The van der Waals surface area contributed by atoms with Crippen LogP contribution in [-0.4, -0.2) is 20.7 Å². The summed E-state index contributed by atoms with van der Waals surface area (Å²) in [7, 11) is 1.83. The van der Waals surface area contributed by atoms with Gasteiger partial charge in [0.25, 0.3) is 5.91 Å². The molecule has 0 saturated heterocycles. The minimum atomic E-state index is -0.339. The number of hydrogen-bond acceptors (Lipinski definition) is 3. The second kappa shape index (κ2) is 5.65. The average molecular weight is 338 g/mol. The zero-order chi connectivity index (χ0) is 17.7. The average Bonchev–Trinajstić information content (AvgIpc) is 3.37. The minimum absolute atomic E-state index is 0.270. The van der Waals surface area contributed by atoms with E-state index in [0.717, 1.165) is 29.6 Å². The monoisotopic (exact) mass is 338 g/mol. The molecule has 0 aliphatic heterocycles. The third-order valence-corrected chi connectivity index (χ3v) is 4.66. The first-order chi connectivity index (χ1) is 11.9. The molecule has 1 aliphatic carbocycles. The number of pyridine rings is 1. The van der Waals surface area contributed by atoms with Crippen molar-refractivity contribution in [1.82, 2.24) is 14.8 Å². The molecule has 4 rings (SSSR count). The molecule has 1 saturated carbocycles. The highest BCUT2D eigenvalue weighted by Gasteiger charge is 2.28. The second-order valence-corrected chi connectivity index (χ2v) is 6.69. The topological polar surface area (TPSA) is 59.8 Å². The summed E-state index contributed by atoms with van der Waals surface area (Å²) in [5, 5.41) is 7.95. The van der Waals surface area contributed by atoms with Crippen LogP contribution in [0, 0.1) is 19.7 Å². The number of benzene rings is 1. The van der Waals surface area contributed by atoms with Gasteiger partial charge in [0.1, 0.15) is 5.82 Å². The molecule has 0 spiro atoms. The Labute approximate surface area is 144 Å². The maximum Gasteiger partial charge on any atom is 0.256 e. The zero-order valence-corrected chi connectivity index (χ0v) is 14.4. The summed E-state index contributed by atoms with van der Waals surface area (Å²) in [6, 6.07) is 6.54. The summed E-state index contributed by atoms with van der Waals surface area (Å²) in [4.78, 5) is 17.6. The first-order valence-corrected chi connectivity index (χ1v) is 8.36. The van der Waals surface area contributed by atoms with E-state index in [1.165, 1.54) is 6.07 Å². The number of rotatable bonds is 3. The van der Waals surface area contributed by atoms with E-state index in [2.05, 4.69) is 10.4 Å². The fraction of sp³-hybridized carbons (Fsp3) is 0.316. The normalized spacial score (nSPS) is 14.1. The molecule has 1 fully saturated rings. The number of fused-ring (bicyclic) bond motifs is 1. The van der Waals surface area contributed by atoms with Gasteiger partial charge in [-0.1, -0.05) is 6.07 Å². The fourth-order valence-electron chi connectivity index (χ4n) is 3.10. The van der Waals surface area contributed by atoms with E-state index in [0.29, 0.717) is 28.4 Å². The number of carbonyl (C=O) groups excluding carboxylic acids is 1. The van der Waals surface area contributed by atoms with E-state index in [9.17, 15) is 9.18 Å². The zero-order valence-electron chi connectivity index (χ0n) is 14.4. The first-order valence-electron chi connectivity index (χ1n) is 8.36. The molecule has 1 N–H and O–H groups in total. The SMILES string of the molecule is Cc1ccc(NC(=O)c2cc(C3CC3)nc3c2c(C)nn3C)cc1F. The Balaban J connectivity index is 1.78. The summed E-state index contributed by atoms with van der Waals surface area (Å²) in [6.45, 7) is 3.55. The van der Waals surface area contributed by atoms with E-state index in [4.69, 9.17) is 4.98 Å². The largest absolute Gasteiger partial charge is 0.322 e. The molecule has 3 aromatic rings. The number of aryl methyl sites for hydroxylation is 3. The Morgan fingerprint density at radius 1 is 1.28 bits per heavy atom. The number of nitrogens with one attached hydrogen (secondary N) is 1. The van der Waals surface area contributed by atoms with Crippen molar-refractivity contribution in [2.24, 2.45) is 7.05 Å². The van der Waals surface area contributed by atoms with Gasteiger partial charge in [-0.05, 0) is 50.5 Å². The van der Waals surface area contributed by atoms with Crippen molar-refractivity contribution in [1.29, 1.82) is 0 Å². The maximum absolute atomic E-state index is 13.8. The molecule has 5 nitrogen and oxygen atoms in total. The predicted octanol–water partition coefficient (Wildman–Crippen LogP) is 3.85. The van der Waals surface area contributed by atoms with E-state index >= 15 is 0 Å². The summed E-state index contributed by atoms with van der Waals surface area (Å²) >= 11 is 0. The summed E-state index contributed by atoms with van der Waals surface area (Å²) < 4.78 is 15.5. The van der Waals surface area contributed by atoms with Gasteiger partial charge in [0.15, 0.2) is 5.65 Å². The maximum atomic E-state index is 13.8. The summed E-state index contributed by atoms with van der Waals surface area (Å²) in [5.41, 5.74) is 3.92. The molecule has 0 unspecified atom stereocenters. The Hall–Kier alpha value is -2.76. The molecule has 25 heavy (non-hydrogen) atoms. The molecule has 0 atom stereocenters. The van der Waals surface area contributed by atoms with Gasteiger partial charge in [0.05, 0.1) is 16.6 Å². The van der Waals surface area contributed by atoms with Crippen molar-refractivity contribution in [3.8, 4) is 0 Å². The first kappa shape index (κ1) is 15.7. The molecule has 1 aliphatic rings. The molecule has 1 aromatic carbocycles. The van der Waals surface area contributed by atoms with E-state index < -0.39 is 0 Å². The highest BCUT2D eigenvalue weighted by atomic mass is 19.1. The lowest BCUT2D eigenvalue weighted by molar-refractivity contribution is 0.102. The molecule has 0 radical (unpaired) electrons. The molecule has 2 heterocycles. The van der Waals surface area contributed by atoms with Crippen LogP contribution >= 0.6 is 0 Å². The van der Waals surface area contributed by atoms with Gasteiger partial charge < -0.3 is 5.32 Å². The molecule has 0 bridgehead atoms. The quantitative estimate of drug-likeness (QED) is 0.789. The van der Waals surface area contributed by atoms with Crippen LogP contribution in [0.2, 0.25) is 0 Å². The molecular formula is C19H19FN4O. The summed E-state index contributed by atoms with van der Waals surface area (Å²) in [5.74, 6) is -0.189. The van der Waals surface area contributed by atoms with Crippen molar-refractivity contribution in [2.45, 2.75) is 32.6 Å². The van der Waals surface area contributed by atoms with Crippen LogP contribution in [-0.2, 0) is 7.05 Å². The van der Waals surface area contributed by atoms with Crippen molar-refractivity contribution >= 4 is 22.6 Å². The summed E-state index contributed by atoms with van der Waals surface area (Å²) in [6.07, 6.45) is 2.19. The Morgan fingerprint density at radius 3 is 2.72 bits per heavy atom. The third kappa shape index (κ3) is 2.77. The van der Waals surface area contributed by atoms with Crippen LogP contribution in [0.15, 0.2) is 24.3 Å². The number of anilines is 1.